The molecule has 2 rings (SSSR count). The highest BCUT2D eigenvalue weighted by Crippen LogP contribution is 2.32. The minimum absolute atomic E-state index is 0.102. The van der Waals surface area contributed by atoms with Gasteiger partial charge in [-0.15, -0.1) is 0 Å². The van der Waals surface area contributed by atoms with Gasteiger partial charge in [0, 0.05) is 0 Å². The van der Waals surface area contributed by atoms with Crippen LogP contribution in [0.4, 0.5) is 0 Å². The minimum atomic E-state index is -0.102. The van der Waals surface area contributed by atoms with Gasteiger partial charge in [-0.3, -0.25) is 0 Å². The van der Waals surface area contributed by atoms with E-state index in [4.69, 9.17) is 0 Å². The molecule has 1 aromatic carbocycles. The van der Waals surface area contributed by atoms with Crippen molar-refractivity contribution in [2.75, 3.05) is 0 Å². The second-order valence-electron chi connectivity index (χ2n) is 5.88. The zero-order valence-corrected chi connectivity index (χ0v) is 11.5. The van der Waals surface area contributed by atoms with E-state index in [0.717, 1.165) is 12.8 Å². The molecule has 1 fully saturated rings. The Balaban J connectivity index is 2.06. The quantitative estimate of drug-likeness (QED) is 0.773. The molecule has 0 heterocycles. The van der Waals surface area contributed by atoms with Crippen molar-refractivity contribution in [3.8, 4) is 0 Å². The fourth-order valence-corrected chi connectivity index (χ4v) is 3.13. The highest BCUT2D eigenvalue weighted by Gasteiger charge is 2.21. The van der Waals surface area contributed by atoms with Crippen LogP contribution in [0.3, 0.4) is 0 Å². The average Bonchev–Trinajstić information content (AvgIpc) is 2.41. The van der Waals surface area contributed by atoms with Crippen molar-refractivity contribution < 1.29 is 5.11 Å². The van der Waals surface area contributed by atoms with Gasteiger partial charge in [0.15, 0.2) is 0 Å². The normalized spacial score (nSPS) is 30.9. The van der Waals surface area contributed by atoms with Crippen LogP contribution in [0.15, 0.2) is 30.3 Å². The van der Waals surface area contributed by atoms with Crippen LogP contribution in [0, 0.1) is 5.92 Å². The molecule has 0 bridgehead atoms. The van der Waals surface area contributed by atoms with Crippen molar-refractivity contribution in [1.29, 1.82) is 0 Å². The van der Waals surface area contributed by atoms with E-state index in [1.54, 1.807) is 0 Å². The Morgan fingerprint density at radius 1 is 0.944 bits per heavy atom. The van der Waals surface area contributed by atoms with Crippen LogP contribution in [0.1, 0.15) is 63.4 Å². The maximum Gasteiger partial charge on any atom is 0.0566 e. The molecule has 1 saturated carbocycles. The Morgan fingerprint density at radius 2 is 1.61 bits per heavy atom. The van der Waals surface area contributed by atoms with Gasteiger partial charge in [0.2, 0.25) is 0 Å². The fraction of sp³-hybridized carbons (Fsp3) is 0.647. The van der Waals surface area contributed by atoms with Gasteiger partial charge in [-0.25, -0.2) is 0 Å². The van der Waals surface area contributed by atoms with Crippen LogP contribution in [-0.4, -0.2) is 11.2 Å². The molecular weight excluding hydrogens is 220 g/mol. The lowest BCUT2D eigenvalue weighted by Gasteiger charge is -2.26. The van der Waals surface area contributed by atoms with Crippen molar-refractivity contribution in [2.24, 2.45) is 5.92 Å². The summed E-state index contributed by atoms with van der Waals surface area (Å²) in [5, 5.41) is 10.2. The van der Waals surface area contributed by atoms with Crippen LogP contribution in [0.2, 0.25) is 0 Å². The third kappa shape index (κ3) is 3.84. The summed E-state index contributed by atoms with van der Waals surface area (Å²) < 4.78 is 0. The van der Waals surface area contributed by atoms with Crippen molar-refractivity contribution in [2.45, 2.75) is 63.9 Å². The molecule has 1 nitrogen and oxygen atoms in total. The molecule has 3 atom stereocenters. The molecule has 0 aromatic heterocycles. The first-order valence-electron chi connectivity index (χ1n) is 7.50. The lowest BCUT2D eigenvalue weighted by atomic mass is 9.81. The summed E-state index contributed by atoms with van der Waals surface area (Å²) in [7, 11) is 0. The molecule has 0 radical (unpaired) electrons. The van der Waals surface area contributed by atoms with Gasteiger partial charge < -0.3 is 5.11 Å². The Bertz CT molecular complexity index is 333. The third-order valence-electron chi connectivity index (χ3n) is 4.39. The minimum Gasteiger partial charge on any atom is -0.393 e. The number of aliphatic hydroxyl groups excluding tert-OH is 1. The van der Waals surface area contributed by atoms with Crippen LogP contribution in [0.5, 0.6) is 0 Å². The monoisotopic (exact) mass is 246 g/mol. The smallest absolute Gasteiger partial charge is 0.0566 e. The molecule has 1 aliphatic rings. The van der Waals surface area contributed by atoms with Crippen LogP contribution in [0.25, 0.3) is 0 Å². The largest absolute Gasteiger partial charge is 0.393 e. The Morgan fingerprint density at radius 3 is 2.33 bits per heavy atom. The zero-order valence-electron chi connectivity index (χ0n) is 11.5. The fourth-order valence-electron chi connectivity index (χ4n) is 3.13. The Labute approximate surface area is 111 Å². The molecule has 1 N–H and O–H groups in total. The van der Waals surface area contributed by atoms with Gasteiger partial charge in [-0.1, -0.05) is 62.9 Å². The standard InChI is InChI=1S/C17H26O/c1-14-13-16(15-9-6-4-7-10-15)11-5-2-3-8-12-17(14)18/h4,6-7,9-10,14,16-18H,2-3,5,8,11-13H2,1H3. The SMILES string of the molecule is CC1CC(c2ccccc2)CCCCCCC1O. The highest BCUT2D eigenvalue weighted by molar-refractivity contribution is 5.19. The second-order valence-corrected chi connectivity index (χ2v) is 5.88. The van der Waals surface area contributed by atoms with E-state index in [-0.39, 0.29) is 6.10 Å². The molecule has 3 unspecified atom stereocenters. The van der Waals surface area contributed by atoms with E-state index in [2.05, 4.69) is 37.3 Å². The number of benzene rings is 1. The van der Waals surface area contributed by atoms with Crippen molar-refractivity contribution in [3.63, 3.8) is 0 Å². The molecule has 1 heteroatoms. The Kier molecular flexibility index (Phi) is 5.25. The highest BCUT2D eigenvalue weighted by atomic mass is 16.3. The summed E-state index contributed by atoms with van der Waals surface area (Å²) in [6.07, 6.45) is 8.43. The topological polar surface area (TPSA) is 20.2 Å². The van der Waals surface area contributed by atoms with Gasteiger partial charge in [0.05, 0.1) is 6.10 Å². The van der Waals surface area contributed by atoms with E-state index in [1.807, 2.05) is 0 Å². The van der Waals surface area contributed by atoms with Gasteiger partial charge in [0.1, 0.15) is 0 Å². The maximum atomic E-state index is 10.2. The first-order valence-corrected chi connectivity index (χ1v) is 7.50. The van der Waals surface area contributed by atoms with E-state index >= 15 is 0 Å². The molecule has 0 aliphatic heterocycles. The van der Waals surface area contributed by atoms with E-state index in [9.17, 15) is 5.11 Å². The van der Waals surface area contributed by atoms with E-state index < -0.39 is 0 Å². The number of hydrogen-bond donors (Lipinski definition) is 1. The van der Waals surface area contributed by atoms with E-state index in [0.29, 0.717) is 11.8 Å². The molecule has 1 aromatic rings. The van der Waals surface area contributed by atoms with Crippen LogP contribution >= 0.6 is 0 Å². The predicted octanol–water partition coefficient (Wildman–Crippen LogP) is 4.51. The predicted molar refractivity (Wildman–Crippen MR) is 76.7 cm³/mol. The van der Waals surface area contributed by atoms with Gasteiger partial charge >= 0.3 is 0 Å². The van der Waals surface area contributed by atoms with Crippen molar-refractivity contribution >= 4 is 0 Å². The van der Waals surface area contributed by atoms with Crippen LogP contribution in [-0.2, 0) is 0 Å². The molecule has 1 aliphatic carbocycles. The van der Waals surface area contributed by atoms with Crippen molar-refractivity contribution in [3.05, 3.63) is 35.9 Å². The van der Waals surface area contributed by atoms with Crippen LogP contribution < -0.4 is 0 Å². The molecular formula is C17H26O. The third-order valence-corrected chi connectivity index (χ3v) is 4.39. The van der Waals surface area contributed by atoms with Crippen molar-refractivity contribution in [1.82, 2.24) is 0 Å². The van der Waals surface area contributed by atoms with Gasteiger partial charge in [-0.05, 0) is 36.7 Å². The summed E-state index contributed by atoms with van der Waals surface area (Å²) in [5.41, 5.74) is 1.46. The summed E-state index contributed by atoms with van der Waals surface area (Å²) >= 11 is 0. The summed E-state index contributed by atoms with van der Waals surface area (Å²) in [6, 6.07) is 10.8. The molecule has 0 amide bonds. The number of rotatable bonds is 1. The number of hydrogen-bond acceptors (Lipinski definition) is 1. The molecule has 18 heavy (non-hydrogen) atoms. The summed E-state index contributed by atoms with van der Waals surface area (Å²) in [6.45, 7) is 2.21. The molecule has 100 valence electrons. The number of aliphatic hydroxyl groups is 1. The first-order chi connectivity index (χ1) is 8.77. The second kappa shape index (κ2) is 6.94. The first kappa shape index (κ1) is 13.6. The van der Waals surface area contributed by atoms with Gasteiger partial charge in [0.25, 0.3) is 0 Å². The summed E-state index contributed by atoms with van der Waals surface area (Å²) in [5.74, 6) is 1.06. The average molecular weight is 246 g/mol. The van der Waals surface area contributed by atoms with E-state index in [1.165, 1.54) is 37.7 Å². The lowest BCUT2D eigenvalue weighted by Crippen LogP contribution is -2.20. The Hall–Kier alpha value is -0.820. The molecule has 0 saturated heterocycles. The zero-order chi connectivity index (χ0) is 12.8. The maximum absolute atomic E-state index is 10.2. The molecule has 0 spiro atoms. The van der Waals surface area contributed by atoms with Gasteiger partial charge in [-0.2, -0.15) is 0 Å². The summed E-state index contributed by atoms with van der Waals surface area (Å²) in [4.78, 5) is 0. The lowest BCUT2D eigenvalue weighted by molar-refractivity contribution is 0.0932.